The van der Waals surface area contributed by atoms with Gasteiger partial charge in [-0.25, -0.2) is 31.8 Å². The highest BCUT2D eigenvalue weighted by molar-refractivity contribution is 7.91. The van der Waals surface area contributed by atoms with E-state index >= 15 is 0 Å². The second-order valence-corrected chi connectivity index (χ2v) is 9.07. The highest BCUT2D eigenvalue weighted by atomic mass is 32.2. The summed E-state index contributed by atoms with van der Waals surface area (Å²) in [6.07, 6.45) is 1.83. The van der Waals surface area contributed by atoms with Gasteiger partial charge in [-0.1, -0.05) is 0 Å². The molecule has 0 spiro atoms. The lowest BCUT2D eigenvalue weighted by atomic mass is 10.5. The molecule has 0 saturated carbocycles. The van der Waals surface area contributed by atoms with Gasteiger partial charge in [-0.15, -0.1) is 11.3 Å². The number of hydrogen-bond donors (Lipinski definition) is 1. The largest absolute Gasteiger partial charge is 0.333 e. The number of rotatable bonds is 3. The summed E-state index contributed by atoms with van der Waals surface area (Å²) < 4.78 is 47.0. The normalized spacial score (nSPS) is 12.8. The van der Waals surface area contributed by atoms with E-state index in [9.17, 15) is 16.8 Å². The standard InChI is InChI=1S/C10H9N5O4S3/c1-21(16,17)9-6-8(14-10(15-9)22(2,18)19)13-7(12-6)5-3-20-4-11-5/h3-4H,1-2H3,(H,12,13,14,15). The molecule has 1 N–H and O–H groups in total. The number of aromatic amines is 1. The van der Waals surface area contributed by atoms with Crippen molar-refractivity contribution in [3.8, 4) is 11.5 Å². The Morgan fingerprint density at radius 1 is 1.05 bits per heavy atom. The Balaban J connectivity index is 2.39. The number of sulfone groups is 2. The first kappa shape index (κ1) is 15.0. The van der Waals surface area contributed by atoms with Gasteiger partial charge in [-0.2, -0.15) is 4.98 Å². The predicted octanol–water partition coefficient (Wildman–Crippen LogP) is 0.283. The molecular weight excluding hydrogens is 350 g/mol. The van der Waals surface area contributed by atoms with Crippen molar-refractivity contribution in [1.29, 1.82) is 0 Å². The second-order valence-electron chi connectivity index (χ2n) is 4.51. The Bertz CT molecular complexity index is 1070. The maximum absolute atomic E-state index is 11.9. The van der Waals surface area contributed by atoms with Gasteiger partial charge in [-0.05, 0) is 0 Å². The molecule has 0 fully saturated rings. The first-order valence-corrected chi connectivity index (χ1v) is 10.5. The highest BCUT2D eigenvalue weighted by Crippen LogP contribution is 2.24. The molecule has 3 rings (SSSR count). The summed E-state index contributed by atoms with van der Waals surface area (Å²) in [7, 11) is -7.55. The lowest BCUT2D eigenvalue weighted by molar-refractivity contribution is 0.587. The number of nitrogens with one attached hydrogen (secondary N) is 1. The summed E-state index contributed by atoms with van der Waals surface area (Å²) >= 11 is 1.34. The fourth-order valence-electron chi connectivity index (χ4n) is 1.74. The van der Waals surface area contributed by atoms with Crippen molar-refractivity contribution < 1.29 is 16.8 Å². The van der Waals surface area contributed by atoms with Gasteiger partial charge < -0.3 is 4.98 Å². The Morgan fingerprint density at radius 3 is 2.32 bits per heavy atom. The molecule has 0 unspecified atom stereocenters. The van der Waals surface area contributed by atoms with Crippen LogP contribution in [0.1, 0.15) is 0 Å². The van der Waals surface area contributed by atoms with Crippen LogP contribution in [0.25, 0.3) is 22.7 Å². The third kappa shape index (κ3) is 2.60. The molecule has 9 nitrogen and oxygen atoms in total. The Kier molecular flexibility index (Phi) is 3.27. The van der Waals surface area contributed by atoms with Gasteiger partial charge in [-0.3, -0.25) is 0 Å². The summed E-state index contributed by atoms with van der Waals surface area (Å²) in [5.74, 6) is 0.293. The van der Waals surface area contributed by atoms with Crippen molar-refractivity contribution in [3.05, 3.63) is 10.9 Å². The molecular formula is C10H9N5O4S3. The smallest absolute Gasteiger partial charge is 0.250 e. The van der Waals surface area contributed by atoms with Crippen molar-refractivity contribution in [2.24, 2.45) is 0 Å². The average Bonchev–Trinajstić information content (AvgIpc) is 3.03. The molecule has 22 heavy (non-hydrogen) atoms. The van der Waals surface area contributed by atoms with E-state index in [1.54, 1.807) is 10.9 Å². The zero-order valence-corrected chi connectivity index (χ0v) is 13.8. The van der Waals surface area contributed by atoms with E-state index in [-0.39, 0.29) is 11.2 Å². The van der Waals surface area contributed by atoms with E-state index in [0.29, 0.717) is 11.5 Å². The lowest BCUT2D eigenvalue weighted by Crippen LogP contribution is -2.10. The third-order valence-electron chi connectivity index (χ3n) is 2.66. The fourth-order valence-corrected chi connectivity index (χ4v) is 3.61. The SMILES string of the molecule is CS(=O)(=O)c1nc(S(C)(=O)=O)c2[nH]c(-c3cscn3)nc2n1. The molecule has 0 radical (unpaired) electrons. The molecule has 0 aliphatic rings. The van der Waals surface area contributed by atoms with Crippen LogP contribution in [-0.2, 0) is 19.7 Å². The fraction of sp³-hybridized carbons (Fsp3) is 0.200. The van der Waals surface area contributed by atoms with Gasteiger partial charge in [0, 0.05) is 17.9 Å². The topological polar surface area (TPSA) is 136 Å². The summed E-state index contributed by atoms with van der Waals surface area (Å²) in [4.78, 5) is 18.4. The minimum absolute atomic E-state index is 0.0427. The number of nitrogens with zero attached hydrogens (tertiary/aromatic N) is 4. The zero-order valence-electron chi connectivity index (χ0n) is 11.3. The van der Waals surface area contributed by atoms with Crippen molar-refractivity contribution in [2.75, 3.05) is 12.5 Å². The van der Waals surface area contributed by atoms with E-state index in [2.05, 4.69) is 24.9 Å². The molecule has 0 saturated heterocycles. The molecule has 0 atom stereocenters. The van der Waals surface area contributed by atoms with Crippen LogP contribution >= 0.6 is 11.3 Å². The van der Waals surface area contributed by atoms with Gasteiger partial charge in [0.1, 0.15) is 11.2 Å². The van der Waals surface area contributed by atoms with Crippen LogP contribution in [0.4, 0.5) is 0 Å². The van der Waals surface area contributed by atoms with Crippen LogP contribution in [0.2, 0.25) is 0 Å². The number of aromatic nitrogens is 5. The van der Waals surface area contributed by atoms with Gasteiger partial charge in [0.2, 0.25) is 15.0 Å². The first-order chi connectivity index (χ1) is 10.2. The van der Waals surface area contributed by atoms with E-state index in [1.165, 1.54) is 11.3 Å². The van der Waals surface area contributed by atoms with Gasteiger partial charge >= 0.3 is 0 Å². The first-order valence-electron chi connectivity index (χ1n) is 5.72. The van der Waals surface area contributed by atoms with Gasteiger partial charge in [0.05, 0.1) is 5.51 Å². The van der Waals surface area contributed by atoms with Crippen molar-refractivity contribution in [3.63, 3.8) is 0 Å². The average molecular weight is 359 g/mol. The third-order valence-corrected chi connectivity index (χ3v) is 5.09. The summed E-state index contributed by atoms with van der Waals surface area (Å²) in [6.45, 7) is 0. The number of fused-ring (bicyclic) bond motifs is 1. The van der Waals surface area contributed by atoms with E-state index in [4.69, 9.17) is 0 Å². The van der Waals surface area contributed by atoms with E-state index in [1.807, 2.05) is 0 Å². The molecule has 0 aliphatic heterocycles. The molecule has 0 aromatic carbocycles. The Morgan fingerprint density at radius 2 is 1.77 bits per heavy atom. The molecule has 3 aromatic heterocycles. The lowest BCUT2D eigenvalue weighted by Gasteiger charge is -2.01. The van der Waals surface area contributed by atoms with Crippen LogP contribution in [0.5, 0.6) is 0 Å². The van der Waals surface area contributed by atoms with E-state index in [0.717, 1.165) is 12.5 Å². The molecule has 12 heteroatoms. The monoisotopic (exact) mass is 359 g/mol. The van der Waals surface area contributed by atoms with Crippen molar-refractivity contribution in [2.45, 2.75) is 10.2 Å². The quantitative estimate of drug-likeness (QED) is 0.520. The molecule has 116 valence electrons. The number of imidazole rings is 1. The second kappa shape index (κ2) is 4.79. The molecule has 0 aliphatic carbocycles. The molecule has 0 bridgehead atoms. The summed E-state index contributed by atoms with van der Waals surface area (Å²) in [5.41, 5.74) is 2.10. The maximum Gasteiger partial charge on any atom is 0.250 e. The number of thiazole rings is 1. The minimum atomic E-state index is -3.78. The molecule has 3 heterocycles. The van der Waals surface area contributed by atoms with Gasteiger partial charge in [0.15, 0.2) is 26.3 Å². The Labute approximate surface area is 129 Å². The molecule has 3 aromatic rings. The summed E-state index contributed by atoms with van der Waals surface area (Å²) in [6, 6.07) is 0. The molecule has 0 amide bonds. The van der Waals surface area contributed by atoms with Crippen LogP contribution < -0.4 is 0 Å². The highest BCUT2D eigenvalue weighted by Gasteiger charge is 2.24. The predicted molar refractivity (Wildman–Crippen MR) is 79.0 cm³/mol. The number of H-pyrrole nitrogens is 1. The van der Waals surface area contributed by atoms with Gasteiger partial charge in [0.25, 0.3) is 0 Å². The number of hydrogen-bond acceptors (Lipinski definition) is 9. The van der Waals surface area contributed by atoms with Crippen molar-refractivity contribution in [1.82, 2.24) is 24.9 Å². The minimum Gasteiger partial charge on any atom is -0.333 e. The maximum atomic E-state index is 11.9. The Hall–Kier alpha value is -1.92. The van der Waals surface area contributed by atoms with Crippen molar-refractivity contribution >= 4 is 42.2 Å². The summed E-state index contributed by atoms with van der Waals surface area (Å²) in [5, 5.41) is 0.714. The van der Waals surface area contributed by atoms with Crippen LogP contribution in [0.3, 0.4) is 0 Å². The van der Waals surface area contributed by atoms with Crippen LogP contribution in [-0.4, -0.2) is 54.3 Å². The van der Waals surface area contributed by atoms with Crippen LogP contribution in [0, 0.1) is 0 Å². The van der Waals surface area contributed by atoms with Crippen LogP contribution in [0.15, 0.2) is 21.1 Å². The van der Waals surface area contributed by atoms with E-state index < -0.39 is 29.9 Å². The zero-order chi connectivity index (χ0) is 16.1.